The van der Waals surface area contributed by atoms with Gasteiger partial charge >= 0.3 is 0 Å². The number of allylic oxidation sites excluding steroid dienone is 1. The molecule has 0 aromatic heterocycles. The van der Waals surface area contributed by atoms with Crippen molar-refractivity contribution in [2.24, 2.45) is 5.41 Å². The standard InChI is InChI=1S/C17H19NO/c1-12-5-4-8-17(10-12)11-14-9-13-6-2-3-7-15(13)18(14)16(17)19/h2-3,6-7,14H,1,4-5,8-11H2/t14-,17-/m1/s1. The smallest absolute Gasteiger partial charge is 0.233 e. The summed E-state index contributed by atoms with van der Waals surface area (Å²) in [4.78, 5) is 15.0. The van der Waals surface area contributed by atoms with Gasteiger partial charge in [0.25, 0.3) is 0 Å². The second kappa shape index (κ2) is 3.72. The number of nitrogens with zero attached hydrogens (tertiary/aromatic N) is 1. The van der Waals surface area contributed by atoms with E-state index in [4.69, 9.17) is 0 Å². The van der Waals surface area contributed by atoms with Crippen LogP contribution in [0.15, 0.2) is 36.4 Å². The average molecular weight is 253 g/mol. The van der Waals surface area contributed by atoms with Crippen LogP contribution in [0.25, 0.3) is 0 Å². The van der Waals surface area contributed by atoms with E-state index in [9.17, 15) is 4.79 Å². The molecule has 1 saturated heterocycles. The van der Waals surface area contributed by atoms with Gasteiger partial charge in [0, 0.05) is 11.7 Å². The van der Waals surface area contributed by atoms with Crippen molar-refractivity contribution in [3.8, 4) is 0 Å². The van der Waals surface area contributed by atoms with Crippen LogP contribution in [0.1, 0.15) is 37.7 Å². The Hall–Kier alpha value is -1.57. The first kappa shape index (κ1) is 11.3. The highest BCUT2D eigenvalue weighted by molar-refractivity contribution is 6.02. The molecule has 2 fully saturated rings. The molecule has 2 atom stereocenters. The third-order valence-corrected chi connectivity index (χ3v) is 5.14. The van der Waals surface area contributed by atoms with Crippen LogP contribution in [0.2, 0.25) is 0 Å². The molecule has 0 unspecified atom stereocenters. The summed E-state index contributed by atoms with van der Waals surface area (Å²) in [6.07, 6.45) is 6.28. The molecule has 1 aromatic carbocycles. The zero-order valence-electron chi connectivity index (χ0n) is 11.2. The lowest BCUT2D eigenvalue weighted by atomic mass is 9.70. The van der Waals surface area contributed by atoms with E-state index in [1.807, 2.05) is 6.07 Å². The van der Waals surface area contributed by atoms with E-state index in [1.165, 1.54) is 11.1 Å². The van der Waals surface area contributed by atoms with Crippen molar-refractivity contribution < 1.29 is 4.79 Å². The number of carbonyl (C=O) groups is 1. The van der Waals surface area contributed by atoms with E-state index in [0.29, 0.717) is 11.9 Å². The van der Waals surface area contributed by atoms with Gasteiger partial charge in [-0.15, -0.1) is 0 Å². The summed E-state index contributed by atoms with van der Waals surface area (Å²) < 4.78 is 0. The largest absolute Gasteiger partial charge is 0.308 e. The Kier molecular flexibility index (Phi) is 2.21. The van der Waals surface area contributed by atoms with Crippen LogP contribution in [0.5, 0.6) is 0 Å². The Morgan fingerprint density at radius 3 is 3.00 bits per heavy atom. The van der Waals surface area contributed by atoms with Crippen LogP contribution in [0.3, 0.4) is 0 Å². The summed E-state index contributed by atoms with van der Waals surface area (Å²) in [6, 6.07) is 8.77. The molecule has 1 saturated carbocycles. The normalized spacial score (nSPS) is 32.8. The molecule has 2 aliphatic heterocycles. The molecule has 0 radical (unpaired) electrons. The lowest BCUT2D eigenvalue weighted by molar-refractivity contribution is -0.126. The molecule has 1 amide bonds. The zero-order chi connectivity index (χ0) is 13.0. The van der Waals surface area contributed by atoms with Gasteiger partial charge in [-0.2, -0.15) is 0 Å². The van der Waals surface area contributed by atoms with Crippen LogP contribution in [-0.2, 0) is 11.2 Å². The lowest BCUT2D eigenvalue weighted by Gasteiger charge is -2.33. The van der Waals surface area contributed by atoms with Crippen molar-refractivity contribution in [1.29, 1.82) is 0 Å². The van der Waals surface area contributed by atoms with Gasteiger partial charge in [-0.05, 0) is 50.2 Å². The van der Waals surface area contributed by atoms with Crippen molar-refractivity contribution >= 4 is 11.6 Å². The van der Waals surface area contributed by atoms with Crippen molar-refractivity contribution in [3.05, 3.63) is 42.0 Å². The first-order chi connectivity index (χ1) is 9.20. The molecular weight excluding hydrogens is 234 g/mol. The maximum atomic E-state index is 13.0. The Balaban J connectivity index is 1.73. The van der Waals surface area contributed by atoms with E-state index < -0.39 is 0 Å². The maximum absolute atomic E-state index is 13.0. The van der Waals surface area contributed by atoms with Crippen molar-refractivity contribution in [2.75, 3.05) is 4.90 Å². The van der Waals surface area contributed by atoms with Crippen molar-refractivity contribution in [1.82, 2.24) is 0 Å². The minimum absolute atomic E-state index is 0.118. The Labute approximate surface area is 114 Å². The van der Waals surface area contributed by atoms with Crippen LogP contribution in [-0.4, -0.2) is 11.9 Å². The first-order valence-electron chi connectivity index (χ1n) is 7.28. The van der Waals surface area contributed by atoms with Crippen LogP contribution >= 0.6 is 0 Å². The van der Waals surface area contributed by atoms with E-state index in [0.717, 1.165) is 44.2 Å². The molecule has 3 aliphatic rings. The molecule has 1 aromatic rings. The summed E-state index contributed by atoms with van der Waals surface area (Å²) in [7, 11) is 0. The topological polar surface area (TPSA) is 20.3 Å². The van der Waals surface area contributed by atoms with Gasteiger partial charge in [0.15, 0.2) is 0 Å². The first-order valence-corrected chi connectivity index (χ1v) is 7.28. The van der Waals surface area contributed by atoms with E-state index in [-0.39, 0.29) is 5.41 Å². The minimum atomic E-state index is -0.118. The molecule has 98 valence electrons. The van der Waals surface area contributed by atoms with Gasteiger partial charge in [-0.3, -0.25) is 4.79 Å². The summed E-state index contributed by atoms with van der Waals surface area (Å²) >= 11 is 0. The van der Waals surface area contributed by atoms with E-state index in [2.05, 4.69) is 29.7 Å². The summed E-state index contributed by atoms with van der Waals surface area (Å²) in [5.74, 6) is 0.364. The predicted molar refractivity (Wildman–Crippen MR) is 76.1 cm³/mol. The van der Waals surface area contributed by atoms with Gasteiger partial charge in [0.2, 0.25) is 5.91 Å². The predicted octanol–water partition coefficient (Wildman–Crippen LogP) is 3.46. The number of fused-ring (bicyclic) bond motifs is 3. The minimum Gasteiger partial charge on any atom is -0.308 e. The van der Waals surface area contributed by atoms with Crippen LogP contribution < -0.4 is 4.90 Å². The zero-order valence-corrected chi connectivity index (χ0v) is 11.2. The van der Waals surface area contributed by atoms with Gasteiger partial charge in [0.05, 0.1) is 5.41 Å². The van der Waals surface area contributed by atoms with Gasteiger partial charge in [0.1, 0.15) is 0 Å². The summed E-state index contributed by atoms with van der Waals surface area (Å²) in [5.41, 5.74) is 3.65. The second-order valence-electron chi connectivity index (χ2n) is 6.43. The fraction of sp³-hybridized carbons (Fsp3) is 0.471. The molecule has 19 heavy (non-hydrogen) atoms. The van der Waals surface area contributed by atoms with Crippen LogP contribution in [0, 0.1) is 5.41 Å². The molecule has 4 rings (SSSR count). The fourth-order valence-corrected chi connectivity index (χ4v) is 4.38. The number of anilines is 1. The number of benzene rings is 1. The summed E-state index contributed by atoms with van der Waals surface area (Å²) in [5, 5.41) is 0. The fourth-order valence-electron chi connectivity index (χ4n) is 4.38. The lowest BCUT2D eigenvalue weighted by Crippen LogP contribution is -2.36. The number of carbonyl (C=O) groups excluding carboxylic acids is 1. The third-order valence-electron chi connectivity index (χ3n) is 5.14. The highest BCUT2D eigenvalue weighted by atomic mass is 16.2. The third kappa shape index (κ3) is 1.46. The summed E-state index contributed by atoms with van der Waals surface area (Å²) in [6.45, 7) is 4.14. The molecule has 0 bridgehead atoms. The molecule has 1 spiro atoms. The highest BCUT2D eigenvalue weighted by Gasteiger charge is 2.54. The monoisotopic (exact) mass is 253 g/mol. The number of hydrogen-bond donors (Lipinski definition) is 0. The van der Waals surface area contributed by atoms with E-state index in [1.54, 1.807) is 0 Å². The highest BCUT2D eigenvalue weighted by Crippen LogP contribution is 2.53. The molecule has 0 N–H and O–H groups in total. The Morgan fingerprint density at radius 1 is 1.32 bits per heavy atom. The van der Waals surface area contributed by atoms with Crippen molar-refractivity contribution in [2.45, 2.75) is 44.6 Å². The number of para-hydroxylation sites is 1. The van der Waals surface area contributed by atoms with Gasteiger partial charge < -0.3 is 4.90 Å². The van der Waals surface area contributed by atoms with Crippen LogP contribution in [0.4, 0.5) is 5.69 Å². The molecular formula is C17H19NO. The number of amides is 1. The average Bonchev–Trinajstić information content (AvgIpc) is 2.85. The SMILES string of the molecule is C=C1CCC[C@@]2(C1)C[C@H]1Cc3ccccc3N1C2=O. The Bertz CT molecular complexity index is 576. The van der Waals surface area contributed by atoms with Crippen molar-refractivity contribution in [3.63, 3.8) is 0 Å². The number of rotatable bonds is 0. The Morgan fingerprint density at radius 2 is 2.16 bits per heavy atom. The maximum Gasteiger partial charge on any atom is 0.233 e. The quantitative estimate of drug-likeness (QED) is 0.648. The van der Waals surface area contributed by atoms with Gasteiger partial charge in [-0.1, -0.05) is 30.4 Å². The molecule has 1 aliphatic carbocycles. The molecule has 2 heteroatoms. The second-order valence-corrected chi connectivity index (χ2v) is 6.43. The molecule has 2 heterocycles. The molecule has 2 nitrogen and oxygen atoms in total. The van der Waals surface area contributed by atoms with Gasteiger partial charge in [-0.25, -0.2) is 0 Å². The van der Waals surface area contributed by atoms with E-state index >= 15 is 0 Å². The number of hydrogen-bond acceptors (Lipinski definition) is 1.